The van der Waals surface area contributed by atoms with Crippen LogP contribution in [0.15, 0.2) is 10.8 Å². The fourth-order valence-electron chi connectivity index (χ4n) is 0.706. The summed E-state index contributed by atoms with van der Waals surface area (Å²) in [6.07, 6.45) is -1.65. The Morgan fingerprint density at radius 3 is 2.42 bits per heavy atom. The van der Waals surface area contributed by atoms with Crippen LogP contribution in [0.25, 0.3) is 0 Å². The number of anilines is 2. The van der Waals surface area contributed by atoms with E-state index < -0.39 is 6.43 Å². The second kappa shape index (κ2) is 3.22. The molecule has 0 bridgehead atoms. The highest BCUT2D eigenvalue weighted by Gasteiger charge is 2.15. The number of rotatable bonds is 1. The number of nitrogen functional groups attached to an aromatic ring is 2. The average molecular weight is 238 g/mol. The molecule has 0 fully saturated rings. The molecule has 1 aromatic rings. The van der Waals surface area contributed by atoms with Gasteiger partial charge in [-0.1, -0.05) is 0 Å². The third-order valence-electron chi connectivity index (χ3n) is 1.38. The topological polar surface area (TPSA) is 64.9 Å². The normalized spacial score (nSPS) is 10.7. The fourth-order valence-corrected chi connectivity index (χ4v) is 1.02. The van der Waals surface area contributed by atoms with E-state index in [2.05, 4.69) is 20.9 Å². The zero-order valence-corrected chi connectivity index (χ0v) is 7.48. The fraction of sp³-hybridized carbons (Fsp3) is 0.167. The van der Waals surface area contributed by atoms with Crippen molar-refractivity contribution in [2.45, 2.75) is 6.43 Å². The lowest BCUT2D eigenvalue weighted by atomic mass is 10.2. The van der Waals surface area contributed by atoms with Crippen LogP contribution in [0.3, 0.4) is 0 Å². The SMILES string of the molecule is Nc1c(C(F)F)cnc(Br)c1N. The lowest BCUT2D eigenvalue weighted by Gasteiger charge is -2.07. The van der Waals surface area contributed by atoms with Gasteiger partial charge in [0, 0.05) is 6.20 Å². The van der Waals surface area contributed by atoms with Gasteiger partial charge >= 0.3 is 0 Å². The van der Waals surface area contributed by atoms with Crippen molar-refractivity contribution in [1.82, 2.24) is 4.98 Å². The van der Waals surface area contributed by atoms with E-state index in [1.54, 1.807) is 0 Å². The maximum Gasteiger partial charge on any atom is 0.267 e. The molecule has 4 N–H and O–H groups in total. The number of nitrogens with zero attached hydrogens (tertiary/aromatic N) is 1. The van der Waals surface area contributed by atoms with Crippen LogP contribution in [0.2, 0.25) is 0 Å². The van der Waals surface area contributed by atoms with Crippen molar-refractivity contribution in [2.75, 3.05) is 11.5 Å². The van der Waals surface area contributed by atoms with Crippen LogP contribution >= 0.6 is 15.9 Å². The maximum absolute atomic E-state index is 12.1. The molecule has 1 heterocycles. The summed E-state index contributed by atoms with van der Waals surface area (Å²) in [4.78, 5) is 3.59. The zero-order valence-electron chi connectivity index (χ0n) is 5.89. The van der Waals surface area contributed by atoms with E-state index in [4.69, 9.17) is 11.5 Å². The maximum atomic E-state index is 12.1. The first kappa shape index (κ1) is 9.18. The van der Waals surface area contributed by atoms with Crippen LogP contribution in [0, 0.1) is 0 Å². The Balaban J connectivity index is 3.27. The first-order chi connectivity index (χ1) is 5.54. The molecule has 0 saturated carbocycles. The van der Waals surface area contributed by atoms with Gasteiger partial charge in [-0.3, -0.25) is 0 Å². The Kier molecular flexibility index (Phi) is 2.46. The van der Waals surface area contributed by atoms with Gasteiger partial charge in [-0.05, 0) is 15.9 Å². The molecular formula is C6H6BrF2N3. The molecule has 1 rings (SSSR count). The number of nitrogens with two attached hydrogens (primary N) is 2. The van der Waals surface area contributed by atoms with Gasteiger partial charge in [0.15, 0.2) is 0 Å². The largest absolute Gasteiger partial charge is 0.397 e. The van der Waals surface area contributed by atoms with Gasteiger partial charge in [-0.25, -0.2) is 13.8 Å². The second-order valence-corrected chi connectivity index (χ2v) is 2.88. The smallest absolute Gasteiger partial charge is 0.267 e. The molecule has 12 heavy (non-hydrogen) atoms. The van der Waals surface area contributed by atoms with Crippen LogP contribution in [0.4, 0.5) is 20.2 Å². The standard InChI is InChI=1S/C6H6BrF2N3/c7-5-4(11)3(10)2(1-12-5)6(8)9/h1,6H,11H2,(H2,10,12). The van der Waals surface area contributed by atoms with Gasteiger partial charge in [0.2, 0.25) is 0 Å². The number of alkyl halides is 2. The quantitative estimate of drug-likeness (QED) is 0.735. The number of aromatic nitrogens is 1. The van der Waals surface area contributed by atoms with Crippen LogP contribution in [0.5, 0.6) is 0 Å². The van der Waals surface area contributed by atoms with Crippen molar-refractivity contribution in [3.8, 4) is 0 Å². The molecule has 0 atom stereocenters. The van der Waals surface area contributed by atoms with Gasteiger partial charge in [-0.15, -0.1) is 0 Å². The molecule has 0 aliphatic heterocycles. The highest BCUT2D eigenvalue weighted by molar-refractivity contribution is 9.10. The average Bonchev–Trinajstić information content (AvgIpc) is 2.00. The van der Waals surface area contributed by atoms with Crippen LogP contribution in [-0.2, 0) is 0 Å². The van der Waals surface area contributed by atoms with E-state index >= 15 is 0 Å². The first-order valence-electron chi connectivity index (χ1n) is 3.01. The minimum absolute atomic E-state index is 0.0489. The molecular weight excluding hydrogens is 232 g/mol. The summed E-state index contributed by atoms with van der Waals surface area (Å²) in [5.41, 5.74) is 10.3. The van der Waals surface area contributed by atoms with Crippen molar-refractivity contribution in [3.05, 3.63) is 16.4 Å². The van der Waals surface area contributed by atoms with E-state index in [0.29, 0.717) is 0 Å². The highest BCUT2D eigenvalue weighted by atomic mass is 79.9. The lowest BCUT2D eigenvalue weighted by Crippen LogP contribution is -2.02. The van der Waals surface area contributed by atoms with Gasteiger partial charge in [-0.2, -0.15) is 0 Å². The highest BCUT2D eigenvalue weighted by Crippen LogP contribution is 2.31. The zero-order chi connectivity index (χ0) is 9.30. The van der Waals surface area contributed by atoms with Gasteiger partial charge in [0.05, 0.1) is 16.9 Å². The second-order valence-electron chi connectivity index (χ2n) is 2.13. The van der Waals surface area contributed by atoms with Crippen molar-refractivity contribution in [2.24, 2.45) is 0 Å². The van der Waals surface area contributed by atoms with Crippen molar-refractivity contribution < 1.29 is 8.78 Å². The molecule has 1 aromatic heterocycles. The minimum Gasteiger partial charge on any atom is -0.397 e. The van der Waals surface area contributed by atoms with E-state index in [9.17, 15) is 8.78 Å². The summed E-state index contributed by atoms with van der Waals surface area (Å²) in [6, 6.07) is 0. The summed E-state index contributed by atoms with van der Waals surface area (Å²) in [6.45, 7) is 0. The van der Waals surface area contributed by atoms with Crippen LogP contribution in [0.1, 0.15) is 12.0 Å². The van der Waals surface area contributed by atoms with E-state index in [-0.39, 0.29) is 21.5 Å². The van der Waals surface area contributed by atoms with Crippen LogP contribution < -0.4 is 11.5 Å². The molecule has 0 aliphatic carbocycles. The molecule has 0 saturated heterocycles. The molecule has 0 aliphatic rings. The van der Waals surface area contributed by atoms with Gasteiger partial charge in [0.25, 0.3) is 6.43 Å². The summed E-state index contributed by atoms with van der Waals surface area (Å²) < 4.78 is 24.6. The predicted molar refractivity (Wildman–Crippen MR) is 45.7 cm³/mol. The van der Waals surface area contributed by atoms with Crippen molar-refractivity contribution >= 4 is 27.3 Å². The number of pyridine rings is 1. The number of hydrogen-bond acceptors (Lipinski definition) is 3. The Morgan fingerprint density at radius 1 is 1.33 bits per heavy atom. The van der Waals surface area contributed by atoms with Gasteiger partial charge in [0.1, 0.15) is 4.60 Å². The molecule has 6 heteroatoms. The molecule has 3 nitrogen and oxygen atoms in total. The number of halogens is 3. The Morgan fingerprint density at radius 2 is 1.92 bits per heavy atom. The first-order valence-corrected chi connectivity index (χ1v) is 3.80. The summed E-state index contributed by atoms with van der Waals surface area (Å²) in [5.74, 6) is 0. The summed E-state index contributed by atoms with van der Waals surface area (Å²) in [7, 11) is 0. The summed E-state index contributed by atoms with van der Waals surface area (Å²) >= 11 is 2.97. The van der Waals surface area contributed by atoms with E-state index in [1.807, 2.05) is 0 Å². The molecule has 66 valence electrons. The monoisotopic (exact) mass is 237 g/mol. The predicted octanol–water partition coefficient (Wildman–Crippen LogP) is 1.95. The van der Waals surface area contributed by atoms with Crippen LogP contribution in [-0.4, -0.2) is 4.98 Å². The Hall–Kier alpha value is -0.910. The molecule has 0 spiro atoms. The van der Waals surface area contributed by atoms with Gasteiger partial charge < -0.3 is 11.5 Å². The van der Waals surface area contributed by atoms with Crippen molar-refractivity contribution in [3.63, 3.8) is 0 Å². The molecule has 0 amide bonds. The minimum atomic E-state index is -2.65. The van der Waals surface area contributed by atoms with Crippen molar-refractivity contribution in [1.29, 1.82) is 0 Å². The third-order valence-corrected chi connectivity index (χ3v) is 2.01. The third kappa shape index (κ3) is 1.47. The Bertz CT molecular complexity index is 303. The molecule has 0 radical (unpaired) electrons. The summed E-state index contributed by atoms with van der Waals surface area (Å²) in [5, 5.41) is 0. The number of hydrogen-bond donors (Lipinski definition) is 2. The molecule has 0 aromatic carbocycles. The molecule has 0 unspecified atom stereocenters. The Labute approximate surface area is 75.9 Å². The lowest BCUT2D eigenvalue weighted by molar-refractivity contribution is 0.152. The van der Waals surface area contributed by atoms with E-state index in [0.717, 1.165) is 6.20 Å². The van der Waals surface area contributed by atoms with E-state index in [1.165, 1.54) is 0 Å².